The largest absolute Gasteiger partial charge is 0.339 e. The van der Waals surface area contributed by atoms with Crippen LogP contribution in [0.5, 0.6) is 0 Å². The minimum Gasteiger partial charge on any atom is -0.339 e. The highest BCUT2D eigenvalue weighted by atomic mass is 35.5. The predicted octanol–water partition coefficient (Wildman–Crippen LogP) is 6.89. The molecule has 29 heavy (non-hydrogen) atoms. The number of hydrogen-bond acceptors (Lipinski definition) is 2. The van der Waals surface area contributed by atoms with Gasteiger partial charge in [-0.05, 0) is 85.5 Å². The van der Waals surface area contributed by atoms with Crippen molar-refractivity contribution in [3.05, 3.63) is 70.9 Å². The summed E-state index contributed by atoms with van der Waals surface area (Å²) in [6.07, 6.45) is 3.92. The number of benzene rings is 2. The maximum Gasteiger partial charge on any atom is 0.160 e. The number of imidazole rings is 1. The summed E-state index contributed by atoms with van der Waals surface area (Å²) in [5.74, 6) is 0.337. The minimum absolute atomic E-state index is 0.0767. The number of aromatic amines is 1. The van der Waals surface area contributed by atoms with E-state index in [-0.39, 0.29) is 11.7 Å². The maximum atomic E-state index is 15.2. The Balaban J connectivity index is 1.34. The van der Waals surface area contributed by atoms with Crippen molar-refractivity contribution < 1.29 is 8.78 Å². The highest BCUT2D eigenvalue weighted by Gasteiger charge is 2.31. The summed E-state index contributed by atoms with van der Waals surface area (Å²) in [6.45, 7) is 0. The highest BCUT2D eigenvalue weighted by Crippen LogP contribution is 2.43. The molecule has 5 rings (SSSR count). The Morgan fingerprint density at radius 3 is 2.62 bits per heavy atom. The molecule has 0 unspecified atom stereocenters. The van der Waals surface area contributed by atoms with Crippen LogP contribution >= 0.6 is 11.6 Å². The van der Waals surface area contributed by atoms with Crippen molar-refractivity contribution in [2.24, 2.45) is 5.92 Å². The van der Waals surface area contributed by atoms with Gasteiger partial charge in [-0.2, -0.15) is 0 Å². The molecular formula is C23H20ClF2N3. The summed E-state index contributed by atoms with van der Waals surface area (Å²) in [4.78, 5) is 11.8. The van der Waals surface area contributed by atoms with Crippen LogP contribution in [0.15, 0.2) is 48.7 Å². The molecule has 1 saturated carbocycles. The molecule has 3 nitrogen and oxygen atoms in total. The summed E-state index contributed by atoms with van der Waals surface area (Å²) in [5, 5.41) is 1.46. The molecule has 1 atom stereocenters. The maximum absolute atomic E-state index is 15.2. The molecule has 0 spiro atoms. The second kappa shape index (κ2) is 7.38. The smallest absolute Gasteiger partial charge is 0.160 e. The molecular weight excluding hydrogens is 392 g/mol. The lowest BCUT2D eigenvalue weighted by Crippen LogP contribution is -2.18. The molecule has 1 fully saturated rings. The van der Waals surface area contributed by atoms with Crippen LogP contribution in [0.25, 0.3) is 21.9 Å². The lowest BCUT2D eigenvalue weighted by Gasteiger charge is -2.30. The summed E-state index contributed by atoms with van der Waals surface area (Å²) in [7, 11) is 0. The van der Waals surface area contributed by atoms with Crippen molar-refractivity contribution in [3.63, 3.8) is 0 Å². The first kappa shape index (κ1) is 18.5. The van der Waals surface area contributed by atoms with Crippen LogP contribution in [-0.2, 0) is 0 Å². The van der Waals surface area contributed by atoms with Gasteiger partial charge in [-0.3, -0.25) is 4.98 Å². The van der Waals surface area contributed by atoms with Crippen LogP contribution in [0.2, 0.25) is 5.02 Å². The number of nitrogens with zero attached hydrogens (tertiary/aromatic N) is 2. The highest BCUT2D eigenvalue weighted by molar-refractivity contribution is 6.31. The molecule has 1 N–H and O–H groups in total. The average Bonchev–Trinajstić information content (AvgIpc) is 3.16. The zero-order valence-electron chi connectivity index (χ0n) is 15.7. The summed E-state index contributed by atoms with van der Waals surface area (Å²) in [5.41, 5.74) is 3.40. The van der Waals surface area contributed by atoms with Gasteiger partial charge in [0, 0.05) is 16.6 Å². The van der Waals surface area contributed by atoms with Gasteiger partial charge in [0.25, 0.3) is 0 Å². The molecule has 6 heteroatoms. The molecule has 0 saturated heterocycles. The standard InChI is InChI=1S/C23H20ClF2N3/c24-15-5-7-20-21(11-15)29-23(28-20)22(26)14-3-1-13(2-4-14)17-9-10-27-19-8-6-16(25)12-18(17)19/h5-14,22H,1-4H2,(H,28,29)/t13?,14?,22-/m0/s1. The quantitative estimate of drug-likeness (QED) is 0.399. The number of halogens is 3. The third-order valence-corrected chi connectivity index (χ3v) is 6.32. The Labute approximate surface area is 172 Å². The van der Waals surface area contributed by atoms with Crippen LogP contribution in [-0.4, -0.2) is 15.0 Å². The summed E-state index contributed by atoms with van der Waals surface area (Å²) in [6, 6.07) is 12.0. The van der Waals surface area contributed by atoms with E-state index in [4.69, 9.17) is 11.6 Å². The van der Waals surface area contributed by atoms with Gasteiger partial charge in [-0.15, -0.1) is 0 Å². The van der Waals surface area contributed by atoms with Crippen molar-refractivity contribution in [1.29, 1.82) is 0 Å². The number of fused-ring (bicyclic) bond motifs is 2. The molecule has 0 aliphatic heterocycles. The molecule has 1 aliphatic carbocycles. The van der Waals surface area contributed by atoms with Gasteiger partial charge in [0.2, 0.25) is 0 Å². The fourth-order valence-corrected chi connectivity index (χ4v) is 4.75. The second-order valence-corrected chi connectivity index (χ2v) is 8.30. The Morgan fingerprint density at radius 1 is 1.00 bits per heavy atom. The lowest BCUT2D eigenvalue weighted by atomic mass is 9.76. The van der Waals surface area contributed by atoms with Crippen LogP contribution < -0.4 is 0 Å². The Hall–Kier alpha value is -2.53. The van der Waals surface area contributed by atoms with E-state index < -0.39 is 6.17 Å². The normalized spacial score (nSPS) is 20.9. The van der Waals surface area contributed by atoms with E-state index in [0.29, 0.717) is 16.8 Å². The number of nitrogens with one attached hydrogen (secondary N) is 1. The molecule has 148 valence electrons. The van der Waals surface area contributed by atoms with Crippen molar-refractivity contribution in [3.8, 4) is 0 Å². The fourth-order valence-electron chi connectivity index (χ4n) is 4.57. The lowest BCUT2D eigenvalue weighted by molar-refractivity contribution is 0.167. The number of aromatic nitrogens is 3. The van der Waals surface area contributed by atoms with E-state index in [9.17, 15) is 4.39 Å². The number of alkyl halides is 1. The van der Waals surface area contributed by atoms with Gasteiger partial charge in [-0.25, -0.2) is 13.8 Å². The predicted molar refractivity (Wildman–Crippen MR) is 111 cm³/mol. The van der Waals surface area contributed by atoms with Crippen LogP contribution in [0.3, 0.4) is 0 Å². The zero-order valence-corrected chi connectivity index (χ0v) is 16.5. The van der Waals surface area contributed by atoms with Gasteiger partial charge >= 0.3 is 0 Å². The molecule has 2 aromatic carbocycles. The van der Waals surface area contributed by atoms with Crippen LogP contribution in [0.1, 0.15) is 49.2 Å². The summed E-state index contributed by atoms with van der Waals surface area (Å²) < 4.78 is 29.0. The van der Waals surface area contributed by atoms with Crippen LogP contribution in [0, 0.1) is 11.7 Å². The first-order chi connectivity index (χ1) is 14.1. The fraction of sp³-hybridized carbons (Fsp3) is 0.304. The number of pyridine rings is 1. The number of rotatable bonds is 3. The first-order valence-corrected chi connectivity index (χ1v) is 10.3. The second-order valence-electron chi connectivity index (χ2n) is 7.86. The molecule has 0 radical (unpaired) electrons. The Bertz CT molecular complexity index is 1180. The number of H-pyrrole nitrogens is 1. The van der Waals surface area contributed by atoms with E-state index in [1.54, 1.807) is 36.5 Å². The molecule has 4 aromatic rings. The minimum atomic E-state index is -1.13. The molecule has 2 aromatic heterocycles. The van der Waals surface area contributed by atoms with Crippen molar-refractivity contribution in [2.75, 3.05) is 0 Å². The van der Waals surface area contributed by atoms with Gasteiger partial charge in [-0.1, -0.05) is 11.6 Å². The van der Waals surface area contributed by atoms with Gasteiger partial charge in [0.1, 0.15) is 11.6 Å². The van der Waals surface area contributed by atoms with Gasteiger partial charge in [0.05, 0.1) is 16.6 Å². The van der Waals surface area contributed by atoms with E-state index in [2.05, 4.69) is 15.0 Å². The SMILES string of the molecule is Fc1ccc2nccc(C3CCC([C@H](F)c4nc5ccc(Cl)cc5[nH]4)CC3)c2c1. The summed E-state index contributed by atoms with van der Waals surface area (Å²) >= 11 is 6.01. The van der Waals surface area contributed by atoms with Crippen molar-refractivity contribution >= 4 is 33.5 Å². The van der Waals surface area contributed by atoms with Crippen LogP contribution in [0.4, 0.5) is 8.78 Å². The molecule has 0 amide bonds. The monoisotopic (exact) mass is 411 g/mol. The van der Waals surface area contributed by atoms with E-state index in [0.717, 1.165) is 53.2 Å². The van der Waals surface area contributed by atoms with Crippen molar-refractivity contribution in [2.45, 2.75) is 37.8 Å². The first-order valence-electron chi connectivity index (χ1n) is 9.92. The zero-order chi connectivity index (χ0) is 20.0. The number of hydrogen-bond donors (Lipinski definition) is 1. The molecule has 2 heterocycles. The molecule has 1 aliphatic rings. The third-order valence-electron chi connectivity index (χ3n) is 6.09. The topological polar surface area (TPSA) is 41.6 Å². The van der Waals surface area contributed by atoms with E-state index in [1.807, 2.05) is 6.07 Å². The van der Waals surface area contributed by atoms with Crippen molar-refractivity contribution in [1.82, 2.24) is 15.0 Å². The third kappa shape index (κ3) is 3.48. The van der Waals surface area contributed by atoms with E-state index in [1.165, 1.54) is 6.07 Å². The Kier molecular flexibility index (Phi) is 4.70. The van der Waals surface area contributed by atoms with E-state index >= 15 is 4.39 Å². The molecule has 0 bridgehead atoms. The van der Waals surface area contributed by atoms with Gasteiger partial charge < -0.3 is 4.98 Å². The average molecular weight is 412 g/mol. The Morgan fingerprint density at radius 2 is 1.79 bits per heavy atom. The van der Waals surface area contributed by atoms with Gasteiger partial charge in [0.15, 0.2) is 6.17 Å².